The van der Waals surface area contributed by atoms with Crippen molar-refractivity contribution >= 4 is 11.8 Å². The number of amides is 2. The molecule has 0 aliphatic heterocycles. The molecule has 0 radical (unpaired) electrons. The van der Waals surface area contributed by atoms with E-state index in [1.165, 1.54) is 16.7 Å². The molecule has 2 rings (SSSR count). The first-order valence-electron chi connectivity index (χ1n) is 11.0. The normalized spacial score (nSPS) is 11.8. The number of hydrogen-bond donors (Lipinski definition) is 1. The first kappa shape index (κ1) is 23.7. The molecule has 162 valence electrons. The molecular formula is C26H36N2O2. The maximum absolute atomic E-state index is 13.4. The summed E-state index contributed by atoms with van der Waals surface area (Å²) in [5, 5.41) is 3.01. The molecule has 0 aliphatic rings. The SMILES string of the molecule is CCCCNC(=O)C(CC)N(Cc1ccc(C)cc1)C(=O)Cc1ccc(C)c(C)c1. The van der Waals surface area contributed by atoms with Gasteiger partial charge < -0.3 is 10.2 Å². The van der Waals surface area contributed by atoms with E-state index in [-0.39, 0.29) is 11.8 Å². The lowest BCUT2D eigenvalue weighted by Crippen LogP contribution is -2.49. The van der Waals surface area contributed by atoms with Crippen LogP contribution in [0.3, 0.4) is 0 Å². The van der Waals surface area contributed by atoms with Crippen molar-refractivity contribution in [2.75, 3.05) is 6.54 Å². The Bertz CT molecular complexity index is 843. The average molecular weight is 409 g/mol. The number of nitrogens with one attached hydrogen (secondary N) is 1. The van der Waals surface area contributed by atoms with Gasteiger partial charge in [0.2, 0.25) is 11.8 Å². The number of nitrogens with zero attached hydrogens (tertiary/aromatic N) is 1. The topological polar surface area (TPSA) is 49.4 Å². The Hall–Kier alpha value is -2.62. The zero-order valence-corrected chi connectivity index (χ0v) is 19.1. The second-order valence-corrected chi connectivity index (χ2v) is 8.17. The fourth-order valence-corrected chi connectivity index (χ4v) is 3.51. The Morgan fingerprint density at radius 3 is 2.20 bits per heavy atom. The molecule has 2 aromatic rings. The molecule has 0 spiro atoms. The van der Waals surface area contributed by atoms with Crippen LogP contribution in [0.25, 0.3) is 0 Å². The van der Waals surface area contributed by atoms with Crippen molar-refractivity contribution in [1.82, 2.24) is 10.2 Å². The summed E-state index contributed by atoms with van der Waals surface area (Å²) >= 11 is 0. The third kappa shape index (κ3) is 6.72. The predicted molar refractivity (Wildman–Crippen MR) is 123 cm³/mol. The highest BCUT2D eigenvalue weighted by atomic mass is 16.2. The number of aryl methyl sites for hydroxylation is 3. The van der Waals surface area contributed by atoms with Crippen molar-refractivity contribution < 1.29 is 9.59 Å². The predicted octanol–water partition coefficient (Wildman–Crippen LogP) is 4.88. The third-order valence-electron chi connectivity index (χ3n) is 5.62. The first-order chi connectivity index (χ1) is 14.3. The van der Waals surface area contributed by atoms with Crippen LogP contribution in [-0.2, 0) is 22.6 Å². The molecule has 0 aromatic heterocycles. The van der Waals surface area contributed by atoms with Crippen LogP contribution >= 0.6 is 0 Å². The molecule has 1 unspecified atom stereocenters. The van der Waals surface area contributed by atoms with Crippen LogP contribution in [0.15, 0.2) is 42.5 Å². The summed E-state index contributed by atoms with van der Waals surface area (Å²) in [7, 11) is 0. The van der Waals surface area contributed by atoms with E-state index in [4.69, 9.17) is 0 Å². The summed E-state index contributed by atoms with van der Waals surface area (Å²) < 4.78 is 0. The second-order valence-electron chi connectivity index (χ2n) is 8.17. The van der Waals surface area contributed by atoms with Crippen molar-refractivity contribution in [3.8, 4) is 0 Å². The largest absolute Gasteiger partial charge is 0.354 e. The lowest BCUT2D eigenvalue weighted by molar-refractivity contribution is -0.140. The van der Waals surface area contributed by atoms with Gasteiger partial charge in [-0.2, -0.15) is 0 Å². The Morgan fingerprint density at radius 2 is 1.60 bits per heavy atom. The van der Waals surface area contributed by atoms with Crippen molar-refractivity contribution in [1.29, 1.82) is 0 Å². The number of carbonyl (C=O) groups excluding carboxylic acids is 2. The molecule has 0 saturated heterocycles. The third-order valence-corrected chi connectivity index (χ3v) is 5.62. The van der Waals surface area contributed by atoms with Gasteiger partial charge in [0.1, 0.15) is 6.04 Å². The summed E-state index contributed by atoms with van der Waals surface area (Å²) in [5.74, 6) is -0.0807. The van der Waals surface area contributed by atoms with Gasteiger partial charge in [-0.15, -0.1) is 0 Å². The van der Waals surface area contributed by atoms with Crippen LogP contribution in [-0.4, -0.2) is 29.3 Å². The van der Waals surface area contributed by atoms with E-state index in [1.807, 2.05) is 44.2 Å². The van der Waals surface area contributed by atoms with Gasteiger partial charge in [-0.05, 0) is 55.9 Å². The van der Waals surface area contributed by atoms with Crippen molar-refractivity contribution in [3.05, 3.63) is 70.3 Å². The van der Waals surface area contributed by atoms with Gasteiger partial charge in [0.05, 0.1) is 6.42 Å². The summed E-state index contributed by atoms with van der Waals surface area (Å²) in [6.45, 7) is 11.3. The molecule has 0 fully saturated rings. The highest BCUT2D eigenvalue weighted by Gasteiger charge is 2.28. The minimum atomic E-state index is -0.470. The van der Waals surface area contributed by atoms with E-state index in [0.29, 0.717) is 25.9 Å². The minimum absolute atomic E-state index is 0.0173. The van der Waals surface area contributed by atoms with Crippen molar-refractivity contribution in [2.45, 2.75) is 72.9 Å². The summed E-state index contributed by atoms with van der Waals surface area (Å²) in [4.78, 5) is 28.0. The molecule has 4 nitrogen and oxygen atoms in total. The lowest BCUT2D eigenvalue weighted by Gasteiger charge is -2.31. The van der Waals surface area contributed by atoms with Gasteiger partial charge in [0, 0.05) is 13.1 Å². The maximum Gasteiger partial charge on any atom is 0.242 e. The van der Waals surface area contributed by atoms with Crippen LogP contribution < -0.4 is 5.32 Å². The monoisotopic (exact) mass is 408 g/mol. The van der Waals surface area contributed by atoms with Gasteiger partial charge in [-0.3, -0.25) is 9.59 Å². The smallest absolute Gasteiger partial charge is 0.242 e. The van der Waals surface area contributed by atoms with E-state index in [1.54, 1.807) is 4.90 Å². The molecule has 1 atom stereocenters. The van der Waals surface area contributed by atoms with Crippen molar-refractivity contribution in [3.63, 3.8) is 0 Å². The summed E-state index contributed by atoms with van der Waals surface area (Å²) in [5.41, 5.74) is 5.59. The first-order valence-corrected chi connectivity index (χ1v) is 11.0. The molecule has 1 N–H and O–H groups in total. The number of unbranched alkanes of at least 4 members (excludes halogenated alkanes) is 1. The molecular weight excluding hydrogens is 372 g/mol. The number of hydrogen-bond acceptors (Lipinski definition) is 2. The zero-order chi connectivity index (χ0) is 22.1. The zero-order valence-electron chi connectivity index (χ0n) is 19.1. The Morgan fingerprint density at radius 1 is 0.933 bits per heavy atom. The van der Waals surface area contributed by atoms with E-state index in [9.17, 15) is 9.59 Å². The number of carbonyl (C=O) groups is 2. The van der Waals surface area contributed by atoms with Gasteiger partial charge in [-0.25, -0.2) is 0 Å². The summed E-state index contributed by atoms with van der Waals surface area (Å²) in [6, 6.07) is 13.8. The summed E-state index contributed by atoms with van der Waals surface area (Å²) in [6.07, 6.45) is 2.85. The Balaban J connectivity index is 2.25. The van der Waals surface area contributed by atoms with E-state index < -0.39 is 6.04 Å². The number of rotatable bonds is 10. The Kier molecular flexibility index (Phi) is 9.10. The fraction of sp³-hybridized carbons (Fsp3) is 0.462. The minimum Gasteiger partial charge on any atom is -0.354 e. The van der Waals surface area contributed by atoms with Crippen LogP contribution in [0, 0.1) is 20.8 Å². The van der Waals surface area contributed by atoms with Gasteiger partial charge >= 0.3 is 0 Å². The van der Waals surface area contributed by atoms with Crippen LogP contribution in [0.4, 0.5) is 0 Å². The van der Waals surface area contributed by atoms with E-state index >= 15 is 0 Å². The molecule has 0 saturated carbocycles. The maximum atomic E-state index is 13.4. The highest BCUT2D eigenvalue weighted by Crippen LogP contribution is 2.17. The van der Waals surface area contributed by atoms with Gasteiger partial charge in [0.25, 0.3) is 0 Å². The molecule has 4 heteroatoms. The van der Waals surface area contributed by atoms with Crippen LogP contribution in [0.5, 0.6) is 0 Å². The average Bonchev–Trinajstić information content (AvgIpc) is 2.72. The van der Waals surface area contributed by atoms with Crippen LogP contribution in [0.1, 0.15) is 60.9 Å². The Labute approximate surface area is 181 Å². The molecule has 0 aliphatic carbocycles. The van der Waals surface area contributed by atoms with Gasteiger partial charge in [0.15, 0.2) is 0 Å². The quantitative estimate of drug-likeness (QED) is 0.570. The molecule has 2 aromatic carbocycles. The standard InChI is InChI=1S/C26H36N2O2/c1-6-8-15-27-26(30)24(7-2)28(18-22-12-9-19(3)10-13-22)25(29)17-23-14-11-20(4)21(5)16-23/h9-14,16,24H,6-8,15,17-18H2,1-5H3,(H,27,30). The molecule has 2 amide bonds. The molecule has 0 heterocycles. The lowest BCUT2D eigenvalue weighted by atomic mass is 10.0. The molecule has 0 bridgehead atoms. The van der Waals surface area contributed by atoms with E-state index in [0.717, 1.165) is 24.0 Å². The van der Waals surface area contributed by atoms with Crippen LogP contribution in [0.2, 0.25) is 0 Å². The highest BCUT2D eigenvalue weighted by molar-refractivity contribution is 5.88. The van der Waals surface area contributed by atoms with E-state index in [2.05, 4.69) is 38.2 Å². The molecule has 30 heavy (non-hydrogen) atoms. The van der Waals surface area contributed by atoms with Crippen molar-refractivity contribution in [2.24, 2.45) is 0 Å². The van der Waals surface area contributed by atoms with Gasteiger partial charge in [-0.1, -0.05) is 68.3 Å². The fourth-order valence-electron chi connectivity index (χ4n) is 3.51. The number of benzene rings is 2. The second kappa shape index (κ2) is 11.5.